The lowest BCUT2D eigenvalue weighted by Gasteiger charge is -2.12. The van der Waals surface area contributed by atoms with Gasteiger partial charge in [0.15, 0.2) is 6.61 Å². The minimum atomic E-state index is -0.554. The highest BCUT2D eigenvalue weighted by Crippen LogP contribution is 2.19. The van der Waals surface area contributed by atoms with Gasteiger partial charge >= 0.3 is 5.97 Å². The highest BCUT2D eigenvalue weighted by Gasteiger charge is 2.12. The number of para-hydroxylation sites is 1. The number of amides is 1. The van der Waals surface area contributed by atoms with Gasteiger partial charge < -0.3 is 10.1 Å². The monoisotopic (exact) mass is 425 g/mol. The Hall–Kier alpha value is -4.19. The van der Waals surface area contributed by atoms with Crippen LogP contribution in [0.5, 0.6) is 0 Å². The molecule has 32 heavy (non-hydrogen) atoms. The minimum absolute atomic E-state index is 0.363. The van der Waals surface area contributed by atoms with Crippen molar-refractivity contribution in [2.24, 2.45) is 0 Å². The molecule has 4 aromatic rings. The predicted molar refractivity (Wildman–Crippen MR) is 123 cm³/mol. The maximum Gasteiger partial charge on any atom is 0.338 e. The summed E-state index contributed by atoms with van der Waals surface area (Å²) in [4.78, 5) is 24.7. The molecule has 1 amide bonds. The van der Waals surface area contributed by atoms with Gasteiger partial charge in [-0.3, -0.25) is 4.79 Å². The van der Waals surface area contributed by atoms with Gasteiger partial charge in [0.25, 0.3) is 5.91 Å². The maximum atomic E-state index is 12.4. The Kier molecular flexibility index (Phi) is 6.41. The molecule has 0 saturated carbocycles. The zero-order valence-corrected chi connectivity index (χ0v) is 17.7. The van der Waals surface area contributed by atoms with Crippen LogP contribution in [0.3, 0.4) is 0 Å². The molecule has 1 heterocycles. The number of hydrogen-bond donors (Lipinski definition) is 1. The summed E-state index contributed by atoms with van der Waals surface area (Å²) in [6.07, 6.45) is 2.41. The van der Waals surface area contributed by atoms with E-state index in [4.69, 9.17) is 4.74 Å². The molecule has 0 aliphatic rings. The van der Waals surface area contributed by atoms with E-state index >= 15 is 0 Å². The van der Waals surface area contributed by atoms with Crippen LogP contribution in [-0.2, 0) is 16.0 Å². The Balaban J connectivity index is 1.34. The first-order valence-electron chi connectivity index (χ1n) is 10.3. The second kappa shape index (κ2) is 9.75. The number of aromatic nitrogens is 2. The first-order valence-corrected chi connectivity index (χ1v) is 10.3. The number of rotatable bonds is 7. The molecule has 0 radical (unpaired) electrons. The third-order valence-electron chi connectivity index (χ3n) is 5.04. The number of anilines is 1. The molecule has 6 heteroatoms. The highest BCUT2D eigenvalue weighted by atomic mass is 16.5. The average molecular weight is 425 g/mol. The van der Waals surface area contributed by atoms with Crippen LogP contribution in [0.2, 0.25) is 0 Å². The molecule has 0 spiro atoms. The fourth-order valence-corrected chi connectivity index (χ4v) is 3.39. The Morgan fingerprint density at radius 1 is 0.906 bits per heavy atom. The lowest BCUT2D eigenvalue weighted by Crippen LogP contribution is -2.21. The zero-order chi connectivity index (χ0) is 22.3. The van der Waals surface area contributed by atoms with Crippen molar-refractivity contribution < 1.29 is 14.3 Å². The quantitative estimate of drug-likeness (QED) is 0.440. The summed E-state index contributed by atoms with van der Waals surface area (Å²) in [6.45, 7) is 1.59. The highest BCUT2D eigenvalue weighted by molar-refractivity contribution is 5.96. The van der Waals surface area contributed by atoms with Crippen molar-refractivity contribution in [3.8, 4) is 5.69 Å². The molecule has 3 aromatic carbocycles. The van der Waals surface area contributed by atoms with Crippen LogP contribution >= 0.6 is 0 Å². The maximum absolute atomic E-state index is 12.4. The van der Waals surface area contributed by atoms with E-state index in [2.05, 4.69) is 10.4 Å². The first kappa shape index (κ1) is 21.1. The molecule has 0 aliphatic carbocycles. The number of aryl methyl sites for hydroxylation is 1. The molecule has 1 aromatic heterocycles. The Bertz CT molecular complexity index is 1210. The predicted octanol–water partition coefficient (Wildman–Crippen LogP) is 4.57. The number of nitrogens with one attached hydrogen (secondary N) is 1. The van der Waals surface area contributed by atoms with E-state index in [1.54, 1.807) is 35.1 Å². The number of carbonyl (C=O) groups is 2. The van der Waals surface area contributed by atoms with Crippen LogP contribution in [0.4, 0.5) is 5.69 Å². The molecule has 0 atom stereocenters. The molecule has 6 nitrogen and oxygen atoms in total. The molecule has 0 fully saturated rings. The lowest BCUT2D eigenvalue weighted by atomic mass is 10.0. The van der Waals surface area contributed by atoms with Crippen LogP contribution < -0.4 is 5.32 Å². The van der Waals surface area contributed by atoms with Crippen molar-refractivity contribution in [2.75, 3.05) is 11.9 Å². The summed E-state index contributed by atoms with van der Waals surface area (Å²) in [5.74, 6) is -0.941. The van der Waals surface area contributed by atoms with Crippen molar-refractivity contribution in [1.29, 1.82) is 0 Å². The van der Waals surface area contributed by atoms with Crippen molar-refractivity contribution in [3.05, 3.63) is 114 Å². The second-order valence-corrected chi connectivity index (χ2v) is 7.38. The van der Waals surface area contributed by atoms with E-state index in [9.17, 15) is 9.59 Å². The topological polar surface area (TPSA) is 73.2 Å². The summed E-state index contributed by atoms with van der Waals surface area (Å²) < 4.78 is 6.97. The van der Waals surface area contributed by atoms with E-state index in [1.807, 2.05) is 67.6 Å². The SMILES string of the molecule is Cc1ccnn1-c1ccc(C(=O)OCC(=O)Nc2ccccc2Cc2ccccc2)cc1. The Labute approximate surface area is 186 Å². The van der Waals surface area contributed by atoms with Crippen LogP contribution in [0.15, 0.2) is 91.1 Å². The van der Waals surface area contributed by atoms with Crippen LogP contribution in [0, 0.1) is 6.92 Å². The third kappa shape index (κ3) is 5.10. The number of hydrogen-bond acceptors (Lipinski definition) is 4. The molecular formula is C26H23N3O3. The van der Waals surface area contributed by atoms with Crippen molar-refractivity contribution >= 4 is 17.6 Å². The van der Waals surface area contributed by atoms with Gasteiger partial charge in [-0.1, -0.05) is 48.5 Å². The number of benzene rings is 3. The molecule has 1 N–H and O–H groups in total. The molecule has 0 unspecified atom stereocenters. The number of ether oxygens (including phenoxy) is 1. The van der Waals surface area contributed by atoms with Crippen LogP contribution in [0.1, 0.15) is 27.2 Å². The van der Waals surface area contributed by atoms with Crippen molar-refractivity contribution in [2.45, 2.75) is 13.3 Å². The average Bonchev–Trinajstić information content (AvgIpc) is 3.25. The summed E-state index contributed by atoms with van der Waals surface area (Å²) in [5, 5.41) is 7.08. The third-order valence-corrected chi connectivity index (χ3v) is 5.04. The van der Waals surface area contributed by atoms with Gasteiger partial charge in [0, 0.05) is 17.6 Å². The molecule has 0 bridgehead atoms. The van der Waals surface area contributed by atoms with Crippen molar-refractivity contribution in [1.82, 2.24) is 9.78 Å². The van der Waals surface area contributed by atoms with E-state index < -0.39 is 5.97 Å². The van der Waals surface area contributed by atoms with Gasteiger partial charge in [-0.05, 0) is 60.9 Å². The second-order valence-electron chi connectivity index (χ2n) is 7.38. The standard InChI is InChI=1S/C26H23N3O3/c1-19-15-16-27-29(19)23-13-11-21(12-14-23)26(31)32-18-25(30)28-24-10-6-5-9-22(24)17-20-7-3-2-4-8-20/h2-16H,17-18H2,1H3,(H,28,30). The molecule has 4 rings (SSSR count). The fourth-order valence-electron chi connectivity index (χ4n) is 3.39. The van der Waals surface area contributed by atoms with Crippen LogP contribution in [0.25, 0.3) is 5.69 Å². The number of nitrogens with zero attached hydrogens (tertiary/aromatic N) is 2. The normalized spacial score (nSPS) is 10.5. The number of carbonyl (C=O) groups excluding carboxylic acids is 2. The van der Waals surface area contributed by atoms with Gasteiger partial charge in [-0.15, -0.1) is 0 Å². The molecule has 160 valence electrons. The van der Waals surface area contributed by atoms with Crippen LogP contribution in [-0.4, -0.2) is 28.3 Å². The molecular weight excluding hydrogens is 402 g/mol. The van der Waals surface area contributed by atoms with Gasteiger partial charge in [0.05, 0.1) is 11.3 Å². The van der Waals surface area contributed by atoms with E-state index in [0.29, 0.717) is 17.7 Å². The first-order chi connectivity index (χ1) is 15.6. The van der Waals surface area contributed by atoms with E-state index in [0.717, 1.165) is 22.5 Å². The smallest absolute Gasteiger partial charge is 0.338 e. The summed E-state index contributed by atoms with van der Waals surface area (Å²) in [7, 11) is 0. The summed E-state index contributed by atoms with van der Waals surface area (Å²) in [6, 6.07) is 26.4. The van der Waals surface area contributed by atoms with Gasteiger partial charge in [-0.2, -0.15) is 5.10 Å². The minimum Gasteiger partial charge on any atom is -0.452 e. The summed E-state index contributed by atoms with van der Waals surface area (Å²) in [5.41, 5.74) is 5.05. The molecule has 0 saturated heterocycles. The Morgan fingerprint density at radius 2 is 1.62 bits per heavy atom. The van der Waals surface area contributed by atoms with Crippen molar-refractivity contribution in [3.63, 3.8) is 0 Å². The van der Waals surface area contributed by atoms with Gasteiger partial charge in [0.2, 0.25) is 0 Å². The zero-order valence-electron chi connectivity index (χ0n) is 17.7. The fraction of sp³-hybridized carbons (Fsp3) is 0.115. The van der Waals surface area contributed by atoms with E-state index in [1.165, 1.54) is 0 Å². The Morgan fingerprint density at radius 3 is 2.34 bits per heavy atom. The number of esters is 1. The van der Waals surface area contributed by atoms with Gasteiger partial charge in [0.1, 0.15) is 0 Å². The van der Waals surface area contributed by atoms with Gasteiger partial charge in [-0.25, -0.2) is 9.48 Å². The summed E-state index contributed by atoms with van der Waals surface area (Å²) >= 11 is 0. The largest absolute Gasteiger partial charge is 0.452 e. The van der Waals surface area contributed by atoms with E-state index in [-0.39, 0.29) is 12.5 Å². The lowest BCUT2D eigenvalue weighted by molar-refractivity contribution is -0.119. The molecule has 0 aliphatic heterocycles.